The third kappa shape index (κ3) is 6.82. The Morgan fingerprint density at radius 3 is 2.61 bits per heavy atom. The number of amides is 2. The Morgan fingerprint density at radius 2 is 1.96 bits per heavy atom. The lowest BCUT2D eigenvalue weighted by Crippen LogP contribution is -2.46. The molecule has 0 saturated carbocycles. The fourth-order valence-electron chi connectivity index (χ4n) is 3.38. The van der Waals surface area contributed by atoms with Crippen LogP contribution in [-0.2, 0) is 15.0 Å². The summed E-state index contributed by atoms with van der Waals surface area (Å²) in [5.41, 5.74) is 6.82. The van der Waals surface area contributed by atoms with Crippen molar-refractivity contribution < 1.29 is 14.3 Å². The van der Waals surface area contributed by atoms with E-state index in [1.165, 1.54) is 5.56 Å². The second-order valence-corrected chi connectivity index (χ2v) is 8.49. The second kappa shape index (κ2) is 10.5. The lowest BCUT2D eigenvalue weighted by atomic mass is 9.87. The molecule has 1 unspecified atom stereocenters. The Morgan fingerprint density at radius 1 is 1.25 bits per heavy atom. The van der Waals surface area contributed by atoms with Gasteiger partial charge in [-0.15, -0.1) is 0 Å². The normalized spacial score (nSPS) is 17.3. The van der Waals surface area contributed by atoms with Crippen molar-refractivity contribution in [3.63, 3.8) is 0 Å². The Hall–Kier alpha value is -2.08. The molecule has 1 saturated heterocycles. The molecule has 6 heteroatoms. The van der Waals surface area contributed by atoms with E-state index in [0.717, 1.165) is 25.1 Å². The zero-order valence-electron chi connectivity index (χ0n) is 17.5. The molecule has 1 aliphatic rings. The predicted molar refractivity (Wildman–Crippen MR) is 111 cm³/mol. The average Bonchev–Trinajstić information content (AvgIpc) is 2.69. The van der Waals surface area contributed by atoms with Crippen LogP contribution in [0.3, 0.4) is 0 Å². The molecule has 1 aromatic carbocycles. The van der Waals surface area contributed by atoms with E-state index in [2.05, 4.69) is 38.2 Å². The number of hydrogen-bond donors (Lipinski definition) is 2. The smallest absolute Gasteiger partial charge is 0.224 e. The third-order valence-corrected chi connectivity index (χ3v) is 5.11. The lowest BCUT2D eigenvalue weighted by molar-refractivity contribution is -0.135. The molecule has 1 aliphatic heterocycles. The first-order valence-electron chi connectivity index (χ1n) is 10.3. The summed E-state index contributed by atoms with van der Waals surface area (Å²) in [7, 11) is 0. The van der Waals surface area contributed by atoms with Gasteiger partial charge in [0.15, 0.2) is 0 Å². The number of ether oxygens (including phenoxy) is 1. The number of carbonyl (C=O) groups excluding carboxylic acids is 2. The van der Waals surface area contributed by atoms with Crippen molar-refractivity contribution in [1.29, 1.82) is 0 Å². The van der Waals surface area contributed by atoms with Crippen LogP contribution in [0.5, 0.6) is 5.75 Å². The largest absolute Gasteiger partial charge is 0.494 e. The van der Waals surface area contributed by atoms with Crippen molar-refractivity contribution in [1.82, 2.24) is 10.2 Å². The summed E-state index contributed by atoms with van der Waals surface area (Å²) < 4.78 is 5.77. The highest BCUT2D eigenvalue weighted by Gasteiger charge is 2.27. The Balaban J connectivity index is 1.71. The van der Waals surface area contributed by atoms with Gasteiger partial charge in [-0.25, -0.2) is 0 Å². The van der Waals surface area contributed by atoms with E-state index in [1.807, 2.05) is 17.0 Å². The number of piperidine rings is 1. The molecule has 3 N–H and O–H groups in total. The number of hydrogen-bond acceptors (Lipinski definition) is 4. The Kier molecular flexibility index (Phi) is 8.30. The van der Waals surface area contributed by atoms with E-state index in [0.29, 0.717) is 39.1 Å². The van der Waals surface area contributed by atoms with Crippen LogP contribution in [-0.4, -0.2) is 49.5 Å². The first kappa shape index (κ1) is 22.2. The van der Waals surface area contributed by atoms with Gasteiger partial charge in [0.05, 0.1) is 12.5 Å². The van der Waals surface area contributed by atoms with Crippen LogP contribution in [0.4, 0.5) is 0 Å². The zero-order valence-corrected chi connectivity index (χ0v) is 17.5. The molecule has 0 aliphatic carbocycles. The molecule has 28 heavy (non-hydrogen) atoms. The number of rotatable bonds is 8. The highest BCUT2D eigenvalue weighted by atomic mass is 16.5. The highest BCUT2D eigenvalue weighted by Crippen LogP contribution is 2.24. The van der Waals surface area contributed by atoms with Crippen LogP contribution >= 0.6 is 0 Å². The SMILES string of the molecule is CC(C)(C)c1ccc(OCCCC(=O)N2CCCC(C(=O)NCCN)C2)cc1. The molecule has 0 radical (unpaired) electrons. The van der Waals surface area contributed by atoms with Crippen molar-refractivity contribution in [3.8, 4) is 5.75 Å². The number of carbonyl (C=O) groups is 2. The lowest BCUT2D eigenvalue weighted by Gasteiger charge is -2.32. The van der Waals surface area contributed by atoms with E-state index in [4.69, 9.17) is 10.5 Å². The number of benzene rings is 1. The summed E-state index contributed by atoms with van der Waals surface area (Å²) in [6.07, 6.45) is 2.80. The number of likely N-dealkylation sites (tertiary alicyclic amines) is 1. The van der Waals surface area contributed by atoms with Crippen molar-refractivity contribution in [2.75, 3.05) is 32.8 Å². The van der Waals surface area contributed by atoms with Gasteiger partial charge in [0.1, 0.15) is 5.75 Å². The standard InChI is InChI=1S/C22H35N3O3/c1-22(2,3)18-8-10-19(11-9-18)28-15-5-7-20(26)25-14-4-6-17(16-25)21(27)24-13-12-23/h8-11,17H,4-7,12-16,23H2,1-3H3,(H,24,27). The summed E-state index contributed by atoms with van der Waals surface area (Å²) in [6.45, 7) is 9.20. The van der Waals surface area contributed by atoms with Crippen molar-refractivity contribution >= 4 is 11.8 Å². The van der Waals surface area contributed by atoms with Gasteiger partial charge in [-0.3, -0.25) is 9.59 Å². The van der Waals surface area contributed by atoms with Crippen LogP contribution < -0.4 is 15.8 Å². The van der Waals surface area contributed by atoms with Gasteiger partial charge >= 0.3 is 0 Å². The van der Waals surface area contributed by atoms with Gasteiger partial charge in [-0.2, -0.15) is 0 Å². The van der Waals surface area contributed by atoms with Crippen molar-refractivity contribution in [2.45, 2.75) is 51.9 Å². The van der Waals surface area contributed by atoms with Gasteiger partial charge in [0.25, 0.3) is 0 Å². The quantitative estimate of drug-likeness (QED) is 0.669. The molecule has 1 atom stereocenters. The number of nitrogens with one attached hydrogen (secondary N) is 1. The fraction of sp³-hybridized carbons (Fsp3) is 0.636. The maximum absolute atomic E-state index is 12.5. The summed E-state index contributed by atoms with van der Waals surface area (Å²) >= 11 is 0. The van der Waals surface area contributed by atoms with E-state index in [1.54, 1.807) is 0 Å². The van der Waals surface area contributed by atoms with E-state index in [9.17, 15) is 9.59 Å². The average molecular weight is 390 g/mol. The van der Waals surface area contributed by atoms with Crippen molar-refractivity contribution in [2.24, 2.45) is 11.7 Å². The number of nitrogens with two attached hydrogens (primary N) is 1. The summed E-state index contributed by atoms with van der Waals surface area (Å²) in [4.78, 5) is 26.4. The fourth-order valence-corrected chi connectivity index (χ4v) is 3.38. The molecule has 2 rings (SSSR count). The molecule has 6 nitrogen and oxygen atoms in total. The first-order chi connectivity index (χ1) is 13.3. The van der Waals surface area contributed by atoms with E-state index < -0.39 is 0 Å². The maximum atomic E-state index is 12.5. The first-order valence-corrected chi connectivity index (χ1v) is 10.3. The summed E-state index contributed by atoms with van der Waals surface area (Å²) in [5.74, 6) is 0.810. The van der Waals surface area contributed by atoms with E-state index >= 15 is 0 Å². The van der Waals surface area contributed by atoms with Crippen LogP contribution in [0, 0.1) is 5.92 Å². The van der Waals surface area contributed by atoms with Crippen LogP contribution in [0.1, 0.15) is 52.0 Å². The maximum Gasteiger partial charge on any atom is 0.224 e. The minimum absolute atomic E-state index is 0.00462. The molecule has 0 aromatic heterocycles. The molecule has 1 heterocycles. The molecular weight excluding hydrogens is 354 g/mol. The molecule has 156 valence electrons. The zero-order chi connectivity index (χ0) is 20.6. The summed E-state index contributed by atoms with van der Waals surface area (Å²) in [6, 6.07) is 8.14. The minimum Gasteiger partial charge on any atom is -0.494 e. The molecule has 0 spiro atoms. The third-order valence-electron chi connectivity index (χ3n) is 5.11. The van der Waals surface area contributed by atoms with Crippen LogP contribution in [0.25, 0.3) is 0 Å². The van der Waals surface area contributed by atoms with Gasteiger partial charge in [-0.1, -0.05) is 32.9 Å². The second-order valence-electron chi connectivity index (χ2n) is 8.49. The number of nitrogens with zero attached hydrogens (tertiary/aromatic N) is 1. The Bertz CT molecular complexity index is 637. The molecule has 1 aromatic rings. The van der Waals surface area contributed by atoms with Gasteiger partial charge in [-0.05, 0) is 42.4 Å². The summed E-state index contributed by atoms with van der Waals surface area (Å²) in [5, 5.41) is 2.82. The monoisotopic (exact) mass is 389 g/mol. The van der Waals surface area contributed by atoms with Crippen LogP contribution in [0.15, 0.2) is 24.3 Å². The van der Waals surface area contributed by atoms with Crippen LogP contribution in [0.2, 0.25) is 0 Å². The van der Waals surface area contributed by atoms with Gasteiger partial charge in [0, 0.05) is 32.6 Å². The molecule has 1 fully saturated rings. The topological polar surface area (TPSA) is 84.7 Å². The molecule has 0 bridgehead atoms. The van der Waals surface area contributed by atoms with E-state index in [-0.39, 0.29) is 23.1 Å². The molecular formula is C22H35N3O3. The van der Waals surface area contributed by atoms with Crippen molar-refractivity contribution in [3.05, 3.63) is 29.8 Å². The van der Waals surface area contributed by atoms with Gasteiger partial charge < -0.3 is 20.7 Å². The predicted octanol–water partition coefficient (Wildman–Crippen LogP) is 2.46. The minimum atomic E-state index is -0.123. The Labute approximate surface area is 168 Å². The van der Waals surface area contributed by atoms with Gasteiger partial charge in [0.2, 0.25) is 11.8 Å². The molecule has 2 amide bonds. The highest BCUT2D eigenvalue weighted by molar-refractivity contribution is 5.81.